The van der Waals surface area contributed by atoms with Crippen molar-refractivity contribution >= 4 is 37.2 Å². The van der Waals surface area contributed by atoms with Gasteiger partial charge in [-0.1, -0.05) is 6.92 Å². The van der Waals surface area contributed by atoms with Crippen molar-refractivity contribution in [2.75, 3.05) is 38.0 Å². The van der Waals surface area contributed by atoms with E-state index in [0.717, 1.165) is 6.29 Å². The molecule has 0 aromatic rings. The minimum atomic E-state index is -3.14. The van der Waals surface area contributed by atoms with E-state index in [4.69, 9.17) is 27.7 Å². The minimum absolute atomic E-state index is 0.120. The molecule has 102 valence electrons. The van der Waals surface area contributed by atoms with Crippen molar-refractivity contribution in [3.05, 3.63) is 0 Å². The van der Waals surface area contributed by atoms with Gasteiger partial charge in [-0.25, -0.2) is 9.76 Å². The highest BCUT2D eigenvalue weighted by Gasteiger charge is 2.30. The second kappa shape index (κ2) is 10.3. The molecular weight excluding hydrogens is 286 g/mol. The van der Waals surface area contributed by atoms with Crippen LogP contribution in [0.4, 0.5) is 0 Å². The molecule has 17 heavy (non-hydrogen) atoms. The second-order valence-electron chi connectivity index (χ2n) is 3.15. The van der Waals surface area contributed by atoms with Gasteiger partial charge in [-0.05, 0) is 0 Å². The van der Waals surface area contributed by atoms with Crippen LogP contribution in [0.15, 0.2) is 0 Å². The summed E-state index contributed by atoms with van der Waals surface area (Å²) in [6, 6.07) is 0. The number of rotatable bonds is 11. The Kier molecular flexibility index (Phi) is 10.5. The van der Waals surface area contributed by atoms with Crippen molar-refractivity contribution in [1.29, 1.82) is 0 Å². The van der Waals surface area contributed by atoms with Gasteiger partial charge >= 0.3 is 7.67 Å². The van der Waals surface area contributed by atoms with E-state index < -0.39 is 7.67 Å². The summed E-state index contributed by atoms with van der Waals surface area (Å²) in [5.74, 6) is 0.673. The largest absolute Gasteiger partial charge is 0.343 e. The van der Waals surface area contributed by atoms with Gasteiger partial charge in [0.15, 0.2) is 0 Å². The number of carbonyl (C=O) groups is 1. The summed E-state index contributed by atoms with van der Waals surface area (Å²) in [6.45, 7) is 3.28. The third-order valence-electron chi connectivity index (χ3n) is 1.92. The van der Waals surface area contributed by atoms with Gasteiger partial charge in [0, 0.05) is 37.8 Å². The van der Waals surface area contributed by atoms with Crippen LogP contribution in [0, 0.1) is 0 Å². The fourth-order valence-electron chi connectivity index (χ4n) is 1.22. The number of carbonyl (C=O) groups excluding carboxylic acids is 1. The van der Waals surface area contributed by atoms with Crippen LogP contribution in [0.5, 0.6) is 0 Å². The number of nitrogens with zero attached hydrogens (tertiary/aromatic N) is 1. The summed E-state index contributed by atoms with van der Waals surface area (Å²) in [4.78, 5) is 10.2. The maximum Gasteiger partial charge on any atom is 0.343 e. The molecule has 0 aliphatic carbocycles. The van der Waals surface area contributed by atoms with Crippen molar-refractivity contribution in [3.63, 3.8) is 0 Å². The molecule has 0 saturated heterocycles. The first-order valence-corrected chi connectivity index (χ1v) is 8.10. The Morgan fingerprint density at radius 3 is 2.35 bits per heavy atom. The predicted molar refractivity (Wildman–Crippen MR) is 70.9 cm³/mol. The maximum atomic E-state index is 12.5. The third kappa shape index (κ3) is 6.75. The Hall–Kier alpha value is 0.360. The van der Waals surface area contributed by atoms with Crippen LogP contribution >= 0.6 is 30.9 Å². The SMILES string of the molecule is CCNP(=O)(OCCC=O)N(CCCl)CCCl. The van der Waals surface area contributed by atoms with Crippen molar-refractivity contribution < 1.29 is 13.9 Å². The Labute approximate surface area is 112 Å². The first-order chi connectivity index (χ1) is 8.14. The molecule has 1 atom stereocenters. The summed E-state index contributed by atoms with van der Waals surface area (Å²) in [5.41, 5.74) is 0. The average Bonchev–Trinajstić information content (AvgIpc) is 2.29. The Morgan fingerprint density at radius 1 is 1.35 bits per heavy atom. The van der Waals surface area contributed by atoms with Crippen LogP contribution in [-0.2, 0) is 13.9 Å². The van der Waals surface area contributed by atoms with Crippen LogP contribution in [0.25, 0.3) is 0 Å². The van der Waals surface area contributed by atoms with E-state index in [2.05, 4.69) is 5.09 Å². The van der Waals surface area contributed by atoms with Crippen LogP contribution in [-0.4, -0.2) is 49.0 Å². The zero-order chi connectivity index (χ0) is 13.1. The molecule has 0 radical (unpaired) electrons. The molecule has 0 aliphatic rings. The van der Waals surface area contributed by atoms with E-state index >= 15 is 0 Å². The molecule has 0 saturated carbocycles. The molecule has 5 nitrogen and oxygen atoms in total. The monoisotopic (exact) mass is 304 g/mol. The van der Waals surface area contributed by atoms with Gasteiger partial charge in [0.2, 0.25) is 0 Å². The van der Waals surface area contributed by atoms with Gasteiger partial charge in [0.1, 0.15) is 6.29 Å². The fraction of sp³-hybridized carbons (Fsp3) is 0.889. The average molecular weight is 305 g/mol. The van der Waals surface area contributed by atoms with Gasteiger partial charge in [0.05, 0.1) is 6.61 Å². The molecule has 0 aliphatic heterocycles. The van der Waals surface area contributed by atoms with Crippen LogP contribution in [0.1, 0.15) is 13.3 Å². The van der Waals surface area contributed by atoms with Crippen LogP contribution in [0.3, 0.4) is 0 Å². The normalized spacial score (nSPS) is 14.8. The van der Waals surface area contributed by atoms with E-state index in [-0.39, 0.29) is 13.0 Å². The number of aldehydes is 1. The fourth-order valence-corrected chi connectivity index (χ4v) is 3.80. The van der Waals surface area contributed by atoms with Crippen LogP contribution < -0.4 is 5.09 Å². The molecular formula is C9H19Cl2N2O3P. The number of hydrogen-bond acceptors (Lipinski definition) is 3. The maximum absolute atomic E-state index is 12.5. The molecule has 0 bridgehead atoms. The predicted octanol–water partition coefficient (Wildman–Crippen LogP) is 2.09. The highest BCUT2D eigenvalue weighted by atomic mass is 35.5. The number of halogens is 2. The molecule has 8 heteroatoms. The minimum Gasteiger partial charge on any atom is -0.306 e. The lowest BCUT2D eigenvalue weighted by Crippen LogP contribution is -2.32. The van der Waals surface area contributed by atoms with E-state index in [9.17, 15) is 9.36 Å². The zero-order valence-electron chi connectivity index (χ0n) is 9.90. The van der Waals surface area contributed by atoms with Crippen molar-refractivity contribution in [1.82, 2.24) is 9.76 Å². The highest BCUT2D eigenvalue weighted by Crippen LogP contribution is 2.46. The van der Waals surface area contributed by atoms with Gasteiger partial charge in [-0.15, -0.1) is 23.2 Å². The van der Waals surface area contributed by atoms with Gasteiger partial charge < -0.3 is 9.32 Å². The van der Waals surface area contributed by atoms with Gasteiger partial charge in [-0.3, -0.25) is 4.57 Å². The number of nitrogens with one attached hydrogen (secondary N) is 1. The standard InChI is InChI=1S/C9H19Cl2N2O3P/c1-2-12-17(15,16-9-3-8-14)13(6-4-10)7-5-11/h8H,2-7,9H2,1H3,(H,12,15). The van der Waals surface area contributed by atoms with E-state index in [1.165, 1.54) is 0 Å². The van der Waals surface area contributed by atoms with Gasteiger partial charge in [0.25, 0.3) is 0 Å². The summed E-state index contributed by atoms with van der Waals surface area (Å²) in [7, 11) is -3.14. The lowest BCUT2D eigenvalue weighted by molar-refractivity contribution is -0.108. The quantitative estimate of drug-likeness (QED) is 0.274. The molecule has 0 fully saturated rings. The molecule has 0 heterocycles. The van der Waals surface area contributed by atoms with Crippen molar-refractivity contribution in [2.24, 2.45) is 0 Å². The molecule has 1 unspecified atom stereocenters. The zero-order valence-corrected chi connectivity index (χ0v) is 12.3. The Bertz CT molecular complexity index is 250. The van der Waals surface area contributed by atoms with E-state index in [0.29, 0.717) is 31.4 Å². The number of hydrogen-bond donors (Lipinski definition) is 1. The lowest BCUT2D eigenvalue weighted by atomic mass is 10.5. The summed E-state index contributed by atoms with van der Waals surface area (Å²) < 4.78 is 19.4. The summed E-state index contributed by atoms with van der Waals surface area (Å²) in [5, 5.41) is 2.81. The molecule has 0 rings (SSSR count). The Morgan fingerprint density at radius 2 is 1.94 bits per heavy atom. The third-order valence-corrected chi connectivity index (χ3v) is 4.65. The van der Waals surface area contributed by atoms with Crippen LogP contribution in [0.2, 0.25) is 0 Å². The smallest absolute Gasteiger partial charge is 0.306 e. The second-order valence-corrected chi connectivity index (χ2v) is 6.09. The van der Waals surface area contributed by atoms with E-state index in [1.54, 1.807) is 4.67 Å². The summed E-state index contributed by atoms with van der Waals surface area (Å²) >= 11 is 11.3. The van der Waals surface area contributed by atoms with Gasteiger partial charge in [-0.2, -0.15) is 0 Å². The highest BCUT2D eigenvalue weighted by molar-refractivity contribution is 7.54. The molecule has 0 amide bonds. The van der Waals surface area contributed by atoms with Crippen molar-refractivity contribution in [2.45, 2.75) is 13.3 Å². The Balaban J connectivity index is 4.59. The molecule has 0 aromatic heterocycles. The molecule has 1 N–H and O–H groups in total. The molecule has 0 spiro atoms. The lowest BCUT2D eigenvalue weighted by Gasteiger charge is -2.29. The first-order valence-electron chi connectivity index (χ1n) is 5.45. The van der Waals surface area contributed by atoms with Crippen molar-refractivity contribution in [3.8, 4) is 0 Å². The topological polar surface area (TPSA) is 58.6 Å². The van der Waals surface area contributed by atoms with E-state index in [1.807, 2.05) is 6.92 Å². The first kappa shape index (κ1) is 17.4. The number of alkyl halides is 2. The molecule has 0 aromatic carbocycles. The summed E-state index contributed by atoms with van der Waals surface area (Å²) in [6.07, 6.45) is 0.939.